The predicted molar refractivity (Wildman–Crippen MR) is 117 cm³/mol. The van der Waals surface area contributed by atoms with E-state index in [9.17, 15) is 0 Å². The van der Waals surface area contributed by atoms with Crippen LogP contribution in [0.25, 0.3) is 5.57 Å². The van der Waals surface area contributed by atoms with Gasteiger partial charge in [0.1, 0.15) is 5.66 Å². The van der Waals surface area contributed by atoms with Crippen molar-refractivity contribution in [3.05, 3.63) is 83.9 Å². The van der Waals surface area contributed by atoms with Gasteiger partial charge >= 0.3 is 0 Å². The summed E-state index contributed by atoms with van der Waals surface area (Å²) < 4.78 is 0. The molecule has 0 radical (unpaired) electrons. The number of nitrogens with two attached hydrogens (primary N) is 1. The summed E-state index contributed by atoms with van der Waals surface area (Å²) >= 11 is 0. The monoisotopic (exact) mass is 387 g/mol. The fourth-order valence-corrected chi connectivity index (χ4v) is 5.34. The van der Waals surface area contributed by atoms with Crippen molar-refractivity contribution in [3.8, 4) is 0 Å². The van der Waals surface area contributed by atoms with Gasteiger partial charge in [-0.1, -0.05) is 36.9 Å². The average molecular weight is 388 g/mol. The molecule has 1 fully saturated rings. The molecule has 4 N–H and O–H groups in total. The molecule has 5 heteroatoms. The van der Waals surface area contributed by atoms with E-state index in [0.717, 1.165) is 49.3 Å². The van der Waals surface area contributed by atoms with E-state index in [1.807, 2.05) is 12.3 Å². The second-order valence-corrected chi connectivity index (χ2v) is 8.85. The van der Waals surface area contributed by atoms with E-state index < -0.39 is 0 Å². The maximum atomic E-state index is 6.75. The fourth-order valence-electron chi connectivity index (χ4n) is 5.34. The number of dihydropyridines is 1. The highest BCUT2D eigenvalue weighted by atomic mass is 15.3. The molecule has 5 rings (SSSR count). The van der Waals surface area contributed by atoms with Crippen molar-refractivity contribution in [1.29, 1.82) is 0 Å². The van der Waals surface area contributed by atoms with E-state index in [-0.39, 0.29) is 17.1 Å². The van der Waals surface area contributed by atoms with Crippen LogP contribution < -0.4 is 11.1 Å². The van der Waals surface area contributed by atoms with Crippen molar-refractivity contribution in [2.45, 2.75) is 37.9 Å². The van der Waals surface area contributed by atoms with Crippen LogP contribution in [-0.2, 0) is 6.42 Å². The summed E-state index contributed by atoms with van der Waals surface area (Å²) in [4.78, 5) is 2.54. The molecule has 3 heterocycles. The van der Waals surface area contributed by atoms with Crippen LogP contribution in [0.1, 0.15) is 42.6 Å². The molecule has 5 nitrogen and oxygen atoms in total. The third-order valence-electron chi connectivity index (χ3n) is 7.21. The summed E-state index contributed by atoms with van der Waals surface area (Å²) in [5, 5.41) is 10.8. The van der Waals surface area contributed by atoms with Crippen LogP contribution in [0.5, 0.6) is 0 Å². The molecular weight excluding hydrogens is 358 g/mol. The highest BCUT2D eigenvalue weighted by Gasteiger charge is 2.47. The van der Waals surface area contributed by atoms with Gasteiger partial charge in [0, 0.05) is 36.6 Å². The van der Waals surface area contributed by atoms with E-state index >= 15 is 0 Å². The Balaban J connectivity index is 1.30. The standard InChI is InChI=1S/C24H29N5/c1-17(21-9-13-26-28-21)20-8-5-10-23(2,27-20)29-14-11-24(12-15-29)16-18-6-3-4-7-19(18)22(24)25/h3-10,13,22,27H,1,11-12,14-16,25H2,2H3,(H,26,28)/t22?,23-/m0/s1. The van der Waals surface area contributed by atoms with Crippen LogP contribution in [0.2, 0.25) is 0 Å². The SMILES string of the molecule is C=C(C1=CC=C[C@](C)(N2CCC3(CC2)Cc2ccccc2C3N)N1)c1cc[nH]n1. The smallest absolute Gasteiger partial charge is 0.107 e. The van der Waals surface area contributed by atoms with Crippen LogP contribution in [0.15, 0.2) is 67.0 Å². The lowest BCUT2D eigenvalue weighted by atomic mass is 9.72. The average Bonchev–Trinajstić information content (AvgIpc) is 3.36. The van der Waals surface area contributed by atoms with Crippen molar-refractivity contribution in [3.63, 3.8) is 0 Å². The number of benzene rings is 1. The van der Waals surface area contributed by atoms with Gasteiger partial charge < -0.3 is 11.1 Å². The first kappa shape index (κ1) is 18.4. The van der Waals surface area contributed by atoms with E-state index in [0.29, 0.717) is 0 Å². The number of allylic oxidation sites excluding steroid dienone is 3. The van der Waals surface area contributed by atoms with Gasteiger partial charge in [-0.2, -0.15) is 5.10 Å². The third-order valence-corrected chi connectivity index (χ3v) is 7.21. The minimum Gasteiger partial charge on any atom is -0.363 e. The van der Waals surface area contributed by atoms with Gasteiger partial charge in [0.15, 0.2) is 0 Å². The van der Waals surface area contributed by atoms with Crippen molar-refractivity contribution < 1.29 is 0 Å². The Morgan fingerprint density at radius 3 is 2.76 bits per heavy atom. The molecule has 29 heavy (non-hydrogen) atoms. The van der Waals surface area contributed by atoms with Crippen LogP contribution >= 0.6 is 0 Å². The van der Waals surface area contributed by atoms with Gasteiger partial charge in [0.25, 0.3) is 0 Å². The lowest BCUT2D eigenvalue weighted by molar-refractivity contribution is 0.0287. The van der Waals surface area contributed by atoms with Crippen molar-refractivity contribution >= 4 is 5.57 Å². The molecular formula is C24H29N5. The van der Waals surface area contributed by atoms with Gasteiger partial charge in [-0.25, -0.2) is 0 Å². The third kappa shape index (κ3) is 2.96. The Hall–Kier alpha value is -2.63. The van der Waals surface area contributed by atoms with Crippen LogP contribution in [-0.4, -0.2) is 33.8 Å². The van der Waals surface area contributed by atoms with E-state index in [4.69, 9.17) is 5.73 Å². The Morgan fingerprint density at radius 2 is 2.03 bits per heavy atom. The molecule has 1 saturated heterocycles. The molecule has 1 aromatic carbocycles. The summed E-state index contributed by atoms with van der Waals surface area (Å²) in [6.45, 7) is 8.54. The highest BCUT2D eigenvalue weighted by Crippen LogP contribution is 2.51. The highest BCUT2D eigenvalue weighted by molar-refractivity contribution is 5.75. The number of H-pyrrole nitrogens is 1. The number of nitrogens with zero attached hydrogens (tertiary/aromatic N) is 2. The molecule has 0 amide bonds. The minimum absolute atomic E-state index is 0.151. The van der Waals surface area contributed by atoms with Gasteiger partial charge in [-0.15, -0.1) is 0 Å². The summed E-state index contributed by atoms with van der Waals surface area (Å²) in [6.07, 6.45) is 11.6. The Bertz CT molecular complexity index is 978. The first-order chi connectivity index (χ1) is 14.0. The number of fused-ring (bicyclic) bond motifs is 1. The lowest BCUT2D eigenvalue weighted by Gasteiger charge is -2.49. The summed E-state index contributed by atoms with van der Waals surface area (Å²) in [6, 6.07) is 10.8. The van der Waals surface area contributed by atoms with Gasteiger partial charge in [0.05, 0.1) is 5.69 Å². The zero-order chi connectivity index (χ0) is 20.1. The molecule has 1 unspecified atom stereocenters. The van der Waals surface area contributed by atoms with Crippen molar-refractivity contribution in [2.75, 3.05) is 13.1 Å². The van der Waals surface area contributed by atoms with Crippen LogP contribution in [0.3, 0.4) is 0 Å². The summed E-state index contributed by atoms with van der Waals surface area (Å²) in [5.74, 6) is 0. The molecule has 3 aliphatic rings. The second-order valence-electron chi connectivity index (χ2n) is 8.85. The minimum atomic E-state index is -0.236. The maximum absolute atomic E-state index is 6.75. The lowest BCUT2D eigenvalue weighted by Crippen LogP contribution is -2.59. The molecule has 2 aliphatic heterocycles. The van der Waals surface area contributed by atoms with E-state index in [2.05, 4.69) is 76.4 Å². The quantitative estimate of drug-likeness (QED) is 0.754. The number of aromatic nitrogens is 2. The summed E-state index contributed by atoms with van der Waals surface area (Å²) in [5.41, 5.74) is 12.3. The molecule has 0 saturated carbocycles. The van der Waals surface area contributed by atoms with E-state index in [1.165, 1.54) is 11.1 Å². The topological polar surface area (TPSA) is 70.0 Å². The molecule has 1 aliphatic carbocycles. The molecule has 2 aromatic rings. The number of hydrogen-bond acceptors (Lipinski definition) is 4. The Labute approximate surface area is 172 Å². The number of piperidine rings is 1. The molecule has 150 valence electrons. The molecule has 1 aromatic heterocycles. The van der Waals surface area contributed by atoms with Gasteiger partial charge in [-0.05, 0) is 60.9 Å². The normalized spacial score (nSPS) is 28.1. The van der Waals surface area contributed by atoms with Crippen LogP contribution in [0, 0.1) is 5.41 Å². The molecule has 1 spiro atoms. The number of likely N-dealkylation sites (tertiary alicyclic amines) is 1. The Morgan fingerprint density at radius 1 is 1.24 bits per heavy atom. The predicted octanol–water partition coefficient (Wildman–Crippen LogP) is 3.52. The first-order valence-electron chi connectivity index (χ1n) is 10.5. The van der Waals surface area contributed by atoms with E-state index in [1.54, 1.807) is 0 Å². The van der Waals surface area contributed by atoms with Gasteiger partial charge in [0.2, 0.25) is 0 Å². The zero-order valence-corrected chi connectivity index (χ0v) is 17.0. The fraction of sp³-hybridized carbons (Fsp3) is 0.375. The second kappa shape index (κ2) is 6.71. The Kier molecular flexibility index (Phi) is 4.26. The molecule has 2 atom stereocenters. The largest absolute Gasteiger partial charge is 0.363 e. The number of rotatable bonds is 3. The van der Waals surface area contributed by atoms with Gasteiger partial charge in [-0.3, -0.25) is 10.00 Å². The number of aromatic amines is 1. The number of nitrogens with one attached hydrogen (secondary N) is 2. The maximum Gasteiger partial charge on any atom is 0.107 e. The van der Waals surface area contributed by atoms with Crippen molar-refractivity contribution in [2.24, 2.45) is 11.1 Å². The first-order valence-corrected chi connectivity index (χ1v) is 10.5. The zero-order valence-electron chi connectivity index (χ0n) is 17.0. The number of hydrogen-bond donors (Lipinski definition) is 3. The summed E-state index contributed by atoms with van der Waals surface area (Å²) in [7, 11) is 0. The van der Waals surface area contributed by atoms with Crippen molar-refractivity contribution in [1.82, 2.24) is 20.4 Å². The van der Waals surface area contributed by atoms with Crippen LogP contribution in [0.4, 0.5) is 0 Å². The molecule has 0 bridgehead atoms.